The van der Waals surface area contributed by atoms with E-state index in [-0.39, 0.29) is 0 Å². The van der Waals surface area contributed by atoms with Gasteiger partial charge in [-0.25, -0.2) is 4.68 Å². The van der Waals surface area contributed by atoms with Crippen LogP contribution in [0.5, 0.6) is 0 Å². The lowest BCUT2D eigenvalue weighted by Gasteiger charge is -2.09. The summed E-state index contributed by atoms with van der Waals surface area (Å²) >= 11 is 6.16. The lowest BCUT2D eigenvalue weighted by atomic mass is 10.2. The normalized spacial score (nSPS) is 10.6. The zero-order valence-electron chi connectivity index (χ0n) is 9.99. The van der Waals surface area contributed by atoms with Crippen LogP contribution < -0.4 is 0 Å². The van der Waals surface area contributed by atoms with Gasteiger partial charge in [-0.15, -0.1) is 0 Å². The number of carbonyl (C=O) groups excluding carboxylic acids is 1. The summed E-state index contributed by atoms with van der Waals surface area (Å²) in [7, 11) is 0. The first kappa shape index (κ1) is 11.9. The minimum Gasteiger partial charge on any atom is -0.298 e. The average Bonchev–Trinajstić information content (AvgIpc) is 2.56. The van der Waals surface area contributed by atoms with Crippen molar-refractivity contribution in [2.75, 3.05) is 0 Å². The Morgan fingerprint density at radius 1 is 1.29 bits per heavy atom. The molecule has 4 heteroatoms. The van der Waals surface area contributed by atoms with Crippen LogP contribution in [0.4, 0.5) is 0 Å². The fraction of sp³-hybridized carbons (Fsp3) is 0.231. The van der Waals surface area contributed by atoms with Gasteiger partial charge < -0.3 is 0 Å². The number of hydrogen-bond donors (Lipinski definition) is 0. The van der Waals surface area contributed by atoms with Crippen LogP contribution in [0.15, 0.2) is 18.2 Å². The van der Waals surface area contributed by atoms with Crippen LogP contribution in [-0.4, -0.2) is 16.1 Å². The third kappa shape index (κ3) is 1.87. The fourth-order valence-corrected chi connectivity index (χ4v) is 2.05. The molecule has 2 aromatic rings. The molecule has 0 aliphatic rings. The van der Waals surface area contributed by atoms with Gasteiger partial charge in [0.05, 0.1) is 16.4 Å². The van der Waals surface area contributed by atoms with Crippen molar-refractivity contribution in [3.63, 3.8) is 0 Å². The number of aromatic nitrogens is 2. The molecule has 0 aliphatic heterocycles. The third-order valence-corrected chi connectivity index (χ3v) is 3.31. The number of halogens is 1. The summed E-state index contributed by atoms with van der Waals surface area (Å²) in [6, 6.07) is 5.25. The van der Waals surface area contributed by atoms with Crippen LogP contribution in [0.1, 0.15) is 27.3 Å². The molecule has 0 amide bonds. The average molecular weight is 249 g/mol. The first-order valence-corrected chi connectivity index (χ1v) is 5.71. The Kier molecular flexibility index (Phi) is 3.03. The molecule has 0 aliphatic carbocycles. The van der Waals surface area contributed by atoms with Gasteiger partial charge >= 0.3 is 0 Å². The highest BCUT2D eigenvalue weighted by molar-refractivity contribution is 6.32. The number of nitrogens with zero attached hydrogens (tertiary/aromatic N) is 2. The van der Waals surface area contributed by atoms with E-state index in [2.05, 4.69) is 5.10 Å². The van der Waals surface area contributed by atoms with E-state index in [0.29, 0.717) is 16.3 Å². The molecule has 0 fully saturated rings. The monoisotopic (exact) mass is 248 g/mol. The Balaban J connectivity index is 2.76. The molecule has 0 spiro atoms. The summed E-state index contributed by atoms with van der Waals surface area (Å²) in [6.07, 6.45) is 0.799. The van der Waals surface area contributed by atoms with Crippen molar-refractivity contribution < 1.29 is 4.79 Å². The second-order valence-corrected chi connectivity index (χ2v) is 4.41. The highest BCUT2D eigenvalue weighted by Crippen LogP contribution is 2.26. The summed E-state index contributed by atoms with van der Waals surface area (Å²) < 4.78 is 1.73. The Morgan fingerprint density at radius 2 is 2.00 bits per heavy atom. The van der Waals surface area contributed by atoms with Crippen LogP contribution in [0.3, 0.4) is 0 Å². The predicted octanol–water partition coefficient (Wildman–Crippen LogP) is 3.26. The number of aldehydes is 1. The predicted molar refractivity (Wildman–Crippen MR) is 68.2 cm³/mol. The van der Waals surface area contributed by atoms with Crippen molar-refractivity contribution in [1.29, 1.82) is 0 Å². The summed E-state index contributed by atoms with van der Waals surface area (Å²) in [5.41, 5.74) is 4.25. The largest absolute Gasteiger partial charge is 0.298 e. The topological polar surface area (TPSA) is 34.9 Å². The molecule has 1 aromatic carbocycles. The van der Waals surface area contributed by atoms with E-state index in [1.165, 1.54) is 0 Å². The van der Waals surface area contributed by atoms with Gasteiger partial charge in [-0.1, -0.05) is 17.7 Å². The van der Waals surface area contributed by atoms with Crippen LogP contribution >= 0.6 is 11.6 Å². The second-order valence-electron chi connectivity index (χ2n) is 4.00. The summed E-state index contributed by atoms with van der Waals surface area (Å²) in [5, 5.41) is 4.95. The summed E-state index contributed by atoms with van der Waals surface area (Å²) in [6.45, 7) is 5.91. The number of carbonyl (C=O) groups is 1. The number of rotatable bonds is 2. The number of benzene rings is 1. The zero-order chi connectivity index (χ0) is 12.6. The van der Waals surface area contributed by atoms with Gasteiger partial charge in [0.25, 0.3) is 0 Å². The van der Waals surface area contributed by atoms with Crippen molar-refractivity contribution >= 4 is 17.9 Å². The molecule has 1 heterocycles. The highest BCUT2D eigenvalue weighted by atomic mass is 35.5. The first-order valence-electron chi connectivity index (χ1n) is 5.33. The molecule has 0 N–H and O–H groups in total. The van der Waals surface area contributed by atoms with Gasteiger partial charge in [-0.3, -0.25) is 4.79 Å². The van der Waals surface area contributed by atoms with Gasteiger partial charge in [0, 0.05) is 11.3 Å². The van der Waals surface area contributed by atoms with E-state index in [1.54, 1.807) is 22.9 Å². The molecule has 0 saturated heterocycles. The minimum atomic E-state index is 0.528. The van der Waals surface area contributed by atoms with Crippen molar-refractivity contribution in [3.05, 3.63) is 45.7 Å². The maximum atomic E-state index is 11.1. The lowest BCUT2D eigenvalue weighted by molar-refractivity contribution is 0.112. The molecule has 0 saturated carbocycles. The molecular weight excluding hydrogens is 236 g/mol. The van der Waals surface area contributed by atoms with Crippen molar-refractivity contribution in [1.82, 2.24) is 9.78 Å². The van der Waals surface area contributed by atoms with E-state index in [4.69, 9.17) is 11.6 Å². The van der Waals surface area contributed by atoms with E-state index in [9.17, 15) is 4.79 Å². The first-order chi connectivity index (χ1) is 8.06. The molecule has 1 aromatic heterocycles. The smallest absolute Gasteiger partial charge is 0.152 e. The van der Waals surface area contributed by atoms with Crippen molar-refractivity contribution in [3.8, 4) is 5.69 Å². The standard InChI is InChI=1S/C13H13ClN2O/c1-8-9(2)15-16(10(8)3)13-11(7-17)5-4-6-12(13)14/h4-7H,1-3H3. The van der Waals surface area contributed by atoms with Gasteiger partial charge in [-0.05, 0) is 38.5 Å². The summed E-state index contributed by atoms with van der Waals surface area (Å²) in [5.74, 6) is 0. The van der Waals surface area contributed by atoms with E-state index >= 15 is 0 Å². The minimum absolute atomic E-state index is 0.528. The second kappa shape index (κ2) is 4.34. The van der Waals surface area contributed by atoms with Gasteiger partial charge in [0.2, 0.25) is 0 Å². The van der Waals surface area contributed by atoms with Crippen LogP contribution in [-0.2, 0) is 0 Å². The SMILES string of the molecule is Cc1nn(-c2c(Cl)cccc2C=O)c(C)c1C. The molecule has 88 valence electrons. The van der Waals surface area contributed by atoms with E-state index < -0.39 is 0 Å². The third-order valence-electron chi connectivity index (χ3n) is 3.01. The molecule has 3 nitrogen and oxygen atoms in total. The number of aryl methyl sites for hydroxylation is 1. The highest BCUT2D eigenvalue weighted by Gasteiger charge is 2.14. The summed E-state index contributed by atoms with van der Waals surface area (Å²) in [4.78, 5) is 11.1. The van der Waals surface area contributed by atoms with Crippen LogP contribution in [0.2, 0.25) is 5.02 Å². The van der Waals surface area contributed by atoms with Gasteiger partial charge in [0.1, 0.15) is 0 Å². The Bertz CT molecular complexity index is 587. The molecule has 17 heavy (non-hydrogen) atoms. The maximum absolute atomic E-state index is 11.1. The molecule has 0 bridgehead atoms. The Morgan fingerprint density at radius 3 is 2.53 bits per heavy atom. The van der Waals surface area contributed by atoms with Gasteiger partial charge in [-0.2, -0.15) is 5.10 Å². The fourth-order valence-electron chi connectivity index (χ4n) is 1.79. The Hall–Kier alpha value is -1.61. The quantitative estimate of drug-likeness (QED) is 0.765. The number of hydrogen-bond acceptors (Lipinski definition) is 2. The molecular formula is C13H13ClN2O. The van der Waals surface area contributed by atoms with Crippen LogP contribution in [0, 0.1) is 20.8 Å². The van der Waals surface area contributed by atoms with E-state index in [0.717, 1.165) is 23.2 Å². The molecule has 0 unspecified atom stereocenters. The number of para-hydroxylation sites is 1. The lowest BCUT2D eigenvalue weighted by Crippen LogP contribution is -2.04. The molecule has 0 radical (unpaired) electrons. The molecule has 0 atom stereocenters. The Labute approximate surface area is 105 Å². The maximum Gasteiger partial charge on any atom is 0.152 e. The van der Waals surface area contributed by atoms with Crippen molar-refractivity contribution in [2.45, 2.75) is 20.8 Å². The van der Waals surface area contributed by atoms with Gasteiger partial charge in [0.15, 0.2) is 6.29 Å². The van der Waals surface area contributed by atoms with Crippen molar-refractivity contribution in [2.24, 2.45) is 0 Å². The van der Waals surface area contributed by atoms with E-state index in [1.807, 2.05) is 20.8 Å². The molecule has 2 rings (SSSR count). The van der Waals surface area contributed by atoms with Crippen LogP contribution in [0.25, 0.3) is 5.69 Å². The zero-order valence-corrected chi connectivity index (χ0v) is 10.7.